The Kier molecular flexibility index (Phi) is 8.65. The molecule has 2 aromatic carbocycles. The lowest BCUT2D eigenvalue weighted by Crippen LogP contribution is -2.15. The first-order chi connectivity index (χ1) is 11.1. The van der Waals surface area contributed by atoms with Crippen molar-refractivity contribution in [1.29, 1.82) is 0 Å². The molecule has 2 nitrogen and oxygen atoms in total. The maximum absolute atomic E-state index is 12.6. The summed E-state index contributed by atoms with van der Waals surface area (Å²) in [5.41, 5.74) is 0.548. The summed E-state index contributed by atoms with van der Waals surface area (Å²) in [5, 5.41) is 3.33. The lowest BCUT2D eigenvalue weighted by Gasteiger charge is -2.10. The zero-order valence-corrected chi connectivity index (χ0v) is 14.0. The Hall–Kier alpha value is -1.72. The van der Waals surface area contributed by atoms with Crippen LogP contribution in [0.1, 0.15) is 24.0 Å². The summed E-state index contributed by atoms with van der Waals surface area (Å²) in [4.78, 5) is 0. The van der Waals surface area contributed by atoms with E-state index >= 15 is 0 Å². The van der Waals surface area contributed by atoms with Gasteiger partial charge in [0.15, 0.2) is 0 Å². The fraction of sp³-hybridized carbons (Fsp3) is 0.333. The highest BCUT2D eigenvalue weighted by atomic mass is 35.5. The molecule has 0 unspecified atom stereocenters. The van der Waals surface area contributed by atoms with Crippen molar-refractivity contribution in [3.8, 4) is 5.75 Å². The zero-order valence-electron chi connectivity index (χ0n) is 13.2. The molecule has 0 amide bonds. The molecule has 0 atom stereocenters. The van der Waals surface area contributed by atoms with Crippen LogP contribution in [-0.4, -0.2) is 13.2 Å². The molecule has 0 heterocycles. The molecule has 0 fully saturated rings. The fourth-order valence-electron chi connectivity index (χ4n) is 2.13. The molecule has 6 heteroatoms. The molecule has 24 heavy (non-hydrogen) atoms. The quantitative estimate of drug-likeness (QED) is 0.664. The van der Waals surface area contributed by atoms with Crippen LogP contribution in [0.25, 0.3) is 0 Å². The summed E-state index contributed by atoms with van der Waals surface area (Å²) in [5.74, 6) is 0.261. The Labute approximate surface area is 146 Å². The van der Waals surface area contributed by atoms with Crippen molar-refractivity contribution in [2.45, 2.75) is 25.6 Å². The van der Waals surface area contributed by atoms with Crippen molar-refractivity contribution in [2.75, 3.05) is 13.2 Å². The predicted molar refractivity (Wildman–Crippen MR) is 91.6 cm³/mol. The third kappa shape index (κ3) is 7.23. The lowest BCUT2D eigenvalue weighted by atomic mass is 10.2. The van der Waals surface area contributed by atoms with Crippen LogP contribution in [0.15, 0.2) is 54.6 Å². The number of ether oxygens (including phenoxy) is 1. The van der Waals surface area contributed by atoms with Crippen LogP contribution in [0.4, 0.5) is 13.2 Å². The fourth-order valence-corrected chi connectivity index (χ4v) is 2.13. The van der Waals surface area contributed by atoms with Gasteiger partial charge in [0.25, 0.3) is 0 Å². The van der Waals surface area contributed by atoms with Gasteiger partial charge in [-0.05, 0) is 43.1 Å². The molecule has 0 bridgehead atoms. The van der Waals surface area contributed by atoms with Gasteiger partial charge in [-0.2, -0.15) is 13.2 Å². The van der Waals surface area contributed by atoms with Gasteiger partial charge in [-0.15, -0.1) is 12.4 Å². The highest BCUT2D eigenvalue weighted by Gasteiger charge is 2.30. The molecule has 132 valence electrons. The van der Waals surface area contributed by atoms with Gasteiger partial charge in [0, 0.05) is 6.54 Å². The van der Waals surface area contributed by atoms with E-state index in [0.717, 1.165) is 38.1 Å². The summed E-state index contributed by atoms with van der Waals surface area (Å²) in [6.07, 6.45) is -2.63. The Bertz CT molecular complexity index is 590. The molecule has 2 aromatic rings. The van der Waals surface area contributed by atoms with Crippen LogP contribution >= 0.6 is 12.4 Å². The number of hydrogen-bond acceptors (Lipinski definition) is 2. The van der Waals surface area contributed by atoms with Crippen molar-refractivity contribution in [3.05, 3.63) is 65.7 Å². The second-order valence-corrected chi connectivity index (χ2v) is 5.24. The van der Waals surface area contributed by atoms with Crippen LogP contribution in [-0.2, 0) is 12.7 Å². The molecular weight excluding hydrogens is 339 g/mol. The minimum atomic E-state index is -4.33. The zero-order chi connectivity index (χ0) is 16.5. The number of rotatable bonds is 8. The molecule has 0 radical (unpaired) electrons. The minimum absolute atomic E-state index is 0. The minimum Gasteiger partial charge on any atom is -0.494 e. The standard InChI is InChI=1S/C18H20F3NO.ClH/c19-18(20,21)16-9-6-10-17(13-16)23-12-5-4-11-22-14-15-7-2-1-3-8-15;/h1-3,6-10,13,22H,4-5,11-12,14H2;1H. The largest absolute Gasteiger partial charge is 0.494 e. The average Bonchev–Trinajstić information content (AvgIpc) is 2.54. The molecular formula is C18H21ClF3NO. The number of benzene rings is 2. The summed E-state index contributed by atoms with van der Waals surface area (Å²) >= 11 is 0. The summed E-state index contributed by atoms with van der Waals surface area (Å²) < 4.78 is 43.1. The molecule has 0 saturated heterocycles. The number of halogens is 4. The molecule has 2 rings (SSSR count). The molecule has 0 aliphatic rings. The van der Waals surface area contributed by atoms with Crippen molar-refractivity contribution in [3.63, 3.8) is 0 Å². The van der Waals surface area contributed by atoms with Crippen molar-refractivity contribution < 1.29 is 17.9 Å². The third-order valence-electron chi connectivity index (χ3n) is 3.35. The van der Waals surface area contributed by atoms with E-state index in [2.05, 4.69) is 17.4 Å². The van der Waals surface area contributed by atoms with E-state index in [1.165, 1.54) is 11.6 Å². The van der Waals surface area contributed by atoms with E-state index in [1.54, 1.807) is 6.07 Å². The van der Waals surface area contributed by atoms with Crippen molar-refractivity contribution in [2.24, 2.45) is 0 Å². The van der Waals surface area contributed by atoms with Crippen LogP contribution < -0.4 is 10.1 Å². The van der Waals surface area contributed by atoms with E-state index < -0.39 is 11.7 Å². The summed E-state index contributed by atoms with van der Waals surface area (Å²) in [7, 11) is 0. The van der Waals surface area contributed by atoms with Crippen LogP contribution in [0, 0.1) is 0 Å². The number of unbranched alkanes of at least 4 members (excludes halogenated alkanes) is 1. The van der Waals surface area contributed by atoms with Gasteiger partial charge in [0.1, 0.15) is 5.75 Å². The van der Waals surface area contributed by atoms with E-state index in [4.69, 9.17) is 4.74 Å². The normalized spacial score (nSPS) is 11.0. The Balaban J connectivity index is 0.00000288. The molecule has 0 aliphatic carbocycles. The molecule has 1 N–H and O–H groups in total. The van der Waals surface area contributed by atoms with Gasteiger partial charge < -0.3 is 10.1 Å². The first kappa shape index (κ1) is 20.3. The third-order valence-corrected chi connectivity index (χ3v) is 3.35. The SMILES string of the molecule is Cl.FC(F)(F)c1cccc(OCCCCNCc2ccccc2)c1. The van der Waals surface area contributed by atoms with Crippen molar-refractivity contribution in [1.82, 2.24) is 5.32 Å². The van der Waals surface area contributed by atoms with Gasteiger partial charge in [-0.3, -0.25) is 0 Å². The Morgan fingerprint density at radius 2 is 1.67 bits per heavy atom. The monoisotopic (exact) mass is 359 g/mol. The second kappa shape index (κ2) is 10.2. The summed E-state index contributed by atoms with van der Waals surface area (Å²) in [6, 6.07) is 15.1. The van der Waals surface area contributed by atoms with Crippen LogP contribution in [0.3, 0.4) is 0 Å². The van der Waals surface area contributed by atoms with Gasteiger partial charge in [-0.1, -0.05) is 36.4 Å². The average molecular weight is 360 g/mol. The van der Waals surface area contributed by atoms with E-state index in [-0.39, 0.29) is 18.2 Å². The van der Waals surface area contributed by atoms with Crippen LogP contribution in [0.5, 0.6) is 5.75 Å². The maximum Gasteiger partial charge on any atom is 0.416 e. The first-order valence-electron chi connectivity index (χ1n) is 7.60. The molecule has 0 spiro atoms. The lowest BCUT2D eigenvalue weighted by molar-refractivity contribution is -0.137. The van der Waals surface area contributed by atoms with E-state index in [9.17, 15) is 13.2 Å². The molecule has 0 saturated carbocycles. The van der Waals surface area contributed by atoms with Crippen LogP contribution in [0.2, 0.25) is 0 Å². The number of nitrogens with one attached hydrogen (secondary N) is 1. The highest BCUT2D eigenvalue weighted by Crippen LogP contribution is 2.31. The molecule has 0 aromatic heterocycles. The maximum atomic E-state index is 12.6. The van der Waals surface area contributed by atoms with Crippen molar-refractivity contribution >= 4 is 12.4 Å². The topological polar surface area (TPSA) is 21.3 Å². The van der Waals surface area contributed by atoms with Gasteiger partial charge in [0.05, 0.1) is 12.2 Å². The molecule has 0 aliphatic heterocycles. The Morgan fingerprint density at radius 1 is 0.917 bits per heavy atom. The number of alkyl halides is 3. The van der Waals surface area contributed by atoms with Gasteiger partial charge >= 0.3 is 6.18 Å². The predicted octanol–water partition coefficient (Wildman–Crippen LogP) is 5.08. The van der Waals surface area contributed by atoms with E-state index in [0.29, 0.717) is 6.61 Å². The number of hydrogen-bond donors (Lipinski definition) is 1. The summed E-state index contributed by atoms with van der Waals surface area (Å²) in [6.45, 7) is 2.07. The second-order valence-electron chi connectivity index (χ2n) is 5.24. The van der Waals surface area contributed by atoms with E-state index in [1.807, 2.05) is 18.2 Å². The smallest absolute Gasteiger partial charge is 0.416 e. The Morgan fingerprint density at radius 3 is 2.38 bits per heavy atom. The van der Waals surface area contributed by atoms with Gasteiger partial charge in [-0.25, -0.2) is 0 Å². The first-order valence-corrected chi connectivity index (χ1v) is 7.60. The highest BCUT2D eigenvalue weighted by molar-refractivity contribution is 5.85. The van der Waals surface area contributed by atoms with Gasteiger partial charge in [0.2, 0.25) is 0 Å².